The molecule has 166 valence electrons. The second-order valence-electron chi connectivity index (χ2n) is 8.01. The number of benzene rings is 2. The van der Waals surface area contributed by atoms with Gasteiger partial charge in [0.2, 0.25) is 0 Å². The van der Waals surface area contributed by atoms with Crippen molar-refractivity contribution in [2.45, 2.75) is 51.7 Å². The first-order chi connectivity index (χ1) is 15.6. The van der Waals surface area contributed by atoms with Crippen LogP contribution in [0.15, 0.2) is 60.7 Å². The van der Waals surface area contributed by atoms with Gasteiger partial charge in [0.1, 0.15) is 0 Å². The second kappa shape index (κ2) is 9.77. The van der Waals surface area contributed by atoms with Gasteiger partial charge in [-0.05, 0) is 44.7 Å². The van der Waals surface area contributed by atoms with E-state index in [1.807, 2.05) is 65.6 Å². The Bertz CT molecular complexity index is 1010. The van der Waals surface area contributed by atoms with E-state index in [-0.39, 0.29) is 17.8 Å². The van der Waals surface area contributed by atoms with Crippen molar-refractivity contribution in [3.63, 3.8) is 0 Å². The molecule has 0 bridgehead atoms. The number of aromatic nitrogens is 3. The van der Waals surface area contributed by atoms with Gasteiger partial charge in [-0.15, -0.1) is 5.10 Å². The molecule has 2 aromatic carbocycles. The van der Waals surface area contributed by atoms with Crippen molar-refractivity contribution >= 4 is 11.9 Å². The molecule has 7 heteroatoms. The van der Waals surface area contributed by atoms with Crippen LogP contribution in [0.2, 0.25) is 0 Å². The summed E-state index contributed by atoms with van der Waals surface area (Å²) in [5.74, 6) is -0.402. The van der Waals surface area contributed by atoms with Crippen molar-refractivity contribution < 1.29 is 14.3 Å². The zero-order valence-electron chi connectivity index (χ0n) is 18.5. The van der Waals surface area contributed by atoms with Crippen LogP contribution >= 0.6 is 0 Å². The minimum atomic E-state index is -0.890. The van der Waals surface area contributed by atoms with E-state index in [0.29, 0.717) is 12.4 Å². The normalized spacial score (nSPS) is 17.1. The maximum absolute atomic E-state index is 13.0. The standard InChI is InChI=1S/C25H28N4O3/c1-3-20-14-10-11-17-28(20)24(30)18(2)32-25(31)22-26-23(19-12-6-4-7-13-19)29(27-22)21-15-8-5-9-16-21/h4-9,12-13,15-16,18,20H,3,10-11,14,17H2,1-2H3. The number of hydrogen-bond acceptors (Lipinski definition) is 5. The van der Waals surface area contributed by atoms with Gasteiger partial charge in [-0.25, -0.2) is 14.5 Å². The van der Waals surface area contributed by atoms with Crippen molar-refractivity contribution in [1.82, 2.24) is 19.7 Å². The highest BCUT2D eigenvalue weighted by atomic mass is 16.5. The number of carbonyl (C=O) groups is 2. The zero-order valence-corrected chi connectivity index (χ0v) is 18.5. The number of nitrogens with zero attached hydrogens (tertiary/aromatic N) is 4. The number of hydrogen-bond donors (Lipinski definition) is 0. The monoisotopic (exact) mass is 432 g/mol. The Kier molecular flexibility index (Phi) is 6.63. The third kappa shape index (κ3) is 4.56. The van der Waals surface area contributed by atoms with Gasteiger partial charge < -0.3 is 9.64 Å². The van der Waals surface area contributed by atoms with Gasteiger partial charge in [-0.1, -0.05) is 55.5 Å². The molecule has 0 N–H and O–H groups in total. The zero-order chi connectivity index (χ0) is 22.5. The molecule has 0 radical (unpaired) electrons. The molecular formula is C25H28N4O3. The summed E-state index contributed by atoms with van der Waals surface area (Å²) < 4.78 is 7.14. The van der Waals surface area contributed by atoms with Crippen LogP contribution in [0.1, 0.15) is 50.1 Å². The maximum Gasteiger partial charge on any atom is 0.379 e. The van der Waals surface area contributed by atoms with E-state index in [4.69, 9.17) is 4.74 Å². The van der Waals surface area contributed by atoms with Crippen molar-refractivity contribution in [1.29, 1.82) is 0 Å². The lowest BCUT2D eigenvalue weighted by Gasteiger charge is -2.36. The average Bonchev–Trinajstić information content (AvgIpc) is 3.30. The second-order valence-corrected chi connectivity index (χ2v) is 8.01. The van der Waals surface area contributed by atoms with Gasteiger partial charge in [-0.3, -0.25) is 4.79 Å². The quantitative estimate of drug-likeness (QED) is 0.544. The van der Waals surface area contributed by atoms with E-state index in [1.54, 1.807) is 11.6 Å². The minimum Gasteiger partial charge on any atom is -0.447 e. The van der Waals surface area contributed by atoms with E-state index < -0.39 is 12.1 Å². The molecule has 2 unspecified atom stereocenters. The molecule has 1 amide bonds. The van der Waals surface area contributed by atoms with Gasteiger partial charge in [0.15, 0.2) is 11.9 Å². The van der Waals surface area contributed by atoms with Gasteiger partial charge in [0, 0.05) is 18.2 Å². The van der Waals surface area contributed by atoms with Gasteiger partial charge >= 0.3 is 5.97 Å². The van der Waals surface area contributed by atoms with Crippen LogP contribution in [-0.4, -0.2) is 50.2 Å². The predicted octanol–water partition coefficient (Wildman–Crippen LogP) is 4.27. The Hall–Kier alpha value is -3.48. The molecule has 1 aliphatic rings. The number of amides is 1. The highest BCUT2D eigenvalue weighted by Crippen LogP contribution is 2.23. The number of carbonyl (C=O) groups excluding carboxylic acids is 2. The summed E-state index contributed by atoms with van der Waals surface area (Å²) in [5, 5.41) is 4.42. The summed E-state index contributed by atoms with van der Waals surface area (Å²) in [6.07, 6.45) is 3.10. The maximum atomic E-state index is 13.0. The smallest absolute Gasteiger partial charge is 0.379 e. The van der Waals surface area contributed by atoms with Crippen LogP contribution in [0.5, 0.6) is 0 Å². The number of ether oxygens (including phenoxy) is 1. The third-order valence-corrected chi connectivity index (χ3v) is 5.84. The van der Waals surface area contributed by atoms with Crippen LogP contribution in [0.25, 0.3) is 17.1 Å². The molecule has 7 nitrogen and oxygen atoms in total. The fraction of sp³-hybridized carbons (Fsp3) is 0.360. The molecule has 0 saturated carbocycles. The number of likely N-dealkylation sites (tertiary alicyclic amines) is 1. The number of piperidine rings is 1. The molecule has 1 aliphatic heterocycles. The Labute approximate surface area is 188 Å². The SMILES string of the molecule is CCC1CCCCN1C(=O)C(C)OC(=O)c1nc(-c2ccccc2)n(-c2ccccc2)n1. The summed E-state index contributed by atoms with van der Waals surface area (Å²) in [6.45, 7) is 4.41. The lowest BCUT2D eigenvalue weighted by molar-refractivity contribution is -0.143. The fourth-order valence-corrected chi connectivity index (χ4v) is 4.13. The predicted molar refractivity (Wildman–Crippen MR) is 121 cm³/mol. The summed E-state index contributed by atoms with van der Waals surface area (Å²) >= 11 is 0. The van der Waals surface area contributed by atoms with E-state index in [2.05, 4.69) is 17.0 Å². The Balaban J connectivity index is 1.57. The summed E-state index contributed by atoms with van der Waals surface area (Å²) in [5.41, 5.74) is 1.60. The highest BCUT2D eigenvalue weighted by molar-refractivity contribution is 5.90. The van der Waals surface area contributed by atoms with Crippen LogP contribution in [0.4, 0.5) is 0 Å². The van der Waals surface area contributed by atoms with Crippen molar-refractivity contribution in [3.05, 3.63) is 66.5 Å². The highest BCUT2D eigenvalue weighted by Gasteiger charge is 2.31. The molecule has 0 aliphatic carbocycles. The average molecular weight is 433 g/mol. The molecule has 1 fully saturated rings. The number of esters is 1. The Morgan fingerprint density at radius 3 is 2.44 bits per heavy atom. The third-order valence-electron chi connectivity index (χ3n) is 5.84. The summed E-state index contributed by atoms with van der Waals surface area (Å²) in [4.78, 5) is 32.2. The van der Waals surface area contributed by atoms with Crippen molar-refractivity contribution in [3.8, 4) is 17.1 Å². The molecule has 3 aromatic rings. The molecule has 2 heterocycles. The van der Waals surface area contributed by atoms with Gasteiger partial charge in [-0.2, -0.15) is 0 Å². The first kappa shape index (κ1) is 21.7. The number of rotatable bonds is 6. The van der Waals surface area contributed by atoms with E-state index in [0.717, 1.165) is 36.9 Å². The lowest BCUT2D eigenvalue weighted by atomic mass is 9.99. The topological polar surface area (TPSA) is 77.3 Å². The molecule has 4 rings (SSSR count). The van der Waals surface area contributed by atoms with Crippen LogP contribution < -0.4 is 0 Å². The van der Waals surface area contributed by atoms with Gasteiger partial charge in [0.05, 0.1) is 5.69 Å². The first-order valence-electron chi connectivity index (χ1n) is 11.2. The molecule has 1 saturated heterocycles. The molecule has 0 spiro atoms. The van der Waals surface area contributed by atoms with Crippen LogP contribution in [-0.2, 0) is 9.53 Å². The molecule has 2 atom stereocenters. The fourth-order valence-electron chi connectivity index (χ4n) is 4.13. The van der Waals surface area contributed by atoms with Crippen molar-refractivity contribution in [2.75, 3.05) is 6.54 Å². The van der Waals surface area contributed by atoms with Crippen molar-refractivity contribution in [2.24, 2.45) is 0 Å². The first-order valence-corrected chi connectivity index (χ1v) is 11.2. The minimum absolute atomic E-state index is 0.0713. The largest absolute Gasteiger partial charge is 0.447 e. The van der Waals surface area contributed by atoms with Crippen LogP contribution in [0.3, 0.4) is 0 Å². The molecular weight excluding hydrogens is 404 g/mol. The molecule has 32 heavy (non-hydrogen) atoms. The number of para-hydroxylation sites is 1. The molecule has 1 aromatic heterocycles. The summed E-state index contributed by atoms with van der Waals surface area (Å²) in [7, 11) is 0. The van der Waals surface area contributed by atoms with E-state index in [1.165, 1.54) is 0 Å². The van der Waals surface area contributed by atoms with E-state index >= 15 is 0 Å². The van der Waals surface area contributed by atoms with Crippen LogP contribution in [0, 0.1) is 0 Å². The summed E-state index contributed by atoms with van der Waals surface area (Å²) in [6, 6.07) is 19.2. The lowest BCUT2D eigenvalue weighted by Crippen LogP contribution is -2.48. The Morgan fingerprint density at radius 2 is 1.75 bits per heavy atom. The Morgan fingerprint density at radius 1 is 1.06 bits per heavy atom. The van der Waals surface area contributed by atoms with E-state index in [9.17, 15) is 9.59 Å². The van der Waals surface area contributed by atoms with Gasteiger partial charge in [0.25, 0.3) is 11.7 Å².